The molecular weight excluding hydrogens is 273 g/mol. The molecule has 0 fully saturated rings. The summed E-state index contributed by atoms with van der Waals surface area (Å²) in [7, 11) is 0. The topological polar surface area (TPSA) is 54.9 Å². The number of aryl methyl sites for hydroxylation is 1. The Balaban J connectivity index is 2.22. The van der Waals surface area contributed by atoms with Crippen molar-refractivity contribution in [3.8, 4) is 0 Å². The Morgan fingerprint density at radius 3 is 2.50 bits per heavy atom. The van der Waals surface area contributed by atoms with Gasteiger partial charge in [0.2, 0.25) is 0 Å². The number of rotatable bonds is 2. The van der Waals surface area contributed by atoms with Crippen LogP contribution in [-0.4, -0.2) is 15.9 Å². The largest absolute Gasteiger partial charge is 0.307 e. The van der Waals surface area contributed by atoms with E-state index in [2.05, 4.69) is 15.3 Å². The molecule has 0 aliphatic rings. The summed E-state index contributed by atoms with van der Waals surface area (Å²) >= 11 is 11.5. The van der Waals surface area contributed by atoms with E-state index in [-0.39, 0.29) is 16.2 Å². The number of hydrogen-bond donors (Lipinski definition) is 1. The standard InChI is InChI=1S/C12H9Cl2N3O/c1-7-2-3-15-11(4-7)17-12(18)8-5-9(13)16-10(14)6-8/h2-6H,1H3,(H,15,17,18). The zero-order chi connectivity index (χ0) is 13.1. The van der Waals surface area contributed by atoms with Gasteiger partial charge in [0.15, 0.2) is 0 Å². The molecule has 92 valence electrons. The number of amides is 1. The van der Waals surface area contributed by atoms with Crippen LogP contribution >= 0.6 is 23.2 Å². The van der Waals surface area contributed by atoms with Crippen LogP contribution in [0.25, 0.3) is 0 Å². The van der Waals surface area contributed by atoms with Crippen molar-refractivity contribution in [1.29, 1.82) is 0 Å². The predicted molar refractivity (Wildman–Crippen MR) is 71.2 cm³/mol. The minimum Gasteiger partial charge on any atom is -0.307 e. The number of aromatic nitrogens is 2. The highest BCUT2D eigenvalue weighted by atomic mass is 35.5. The van der Waals surface area contributed by atoms with Crippen LogP contribution in [0, 0.1) is 6.92 Å². The summed E-state index contributed by atoms with van der Waals surface area (Å²) in [6.07, 6.45) is 1.62. The van der Waals surface area contributed by atoms with E-state index in [4.69, 9.17) is 23.2 Å². The highest BCUT2D eigenvalue weighted by molar-refractivity contribution is 6.33. The monoisotopic (exact) mass is 281 g/mol. The molecule has 0 atom stereocenters. The van der Waals surface area contributed by atoms with Gasteiger partial charge in [0, 0.05) is 11.8 Å². The molecule has 0 saturated heterocycles. The van der Waals surface area contributed by atoms with E-state index < -0.39 is 0 Å². The van der Waals surface area contributed by atoms with Crippen LogP contribution in [0.15, 0.2) is 30.5 Å². The molecule has 2 heterocycles. The van der Waals surface area contributed by atoms with E-state index in [0.717, 1.165) is 5.56 Å². The molecule has 1 N–H and O–H groups in total. The molecule has 4 nitrogen and oxygen atoms in total. The molecule has 0 bridgehead atoms. The lowest BCUT2D eigenvalue weighted by Crippen LogP contribution is -2.13. The quantitative estimate of drug-likeness (QED) is 0.859. The molecule has 0 aliphatic heterocycles. The van der Waals surface area contributed by atoms with Gasteiger partial charge in [0.25, 0.3) is 5.91 Å². The Kier molecular flexibility index (Phi) is 3.79. The third-order valence-electron chi connectivity index (χ3n) is 2.18. The fourth-order valence-corrected chi connectivity index (χ4v) is 1.85. The molecule has 18 heavy (non-hydrogen) atoms. The SMILES string of the molecule is Cc1ccnc(NC(=O)c2cc(Cl)nc(Cl)c2)c1. The minimum atomic E-state index is -0.334. The normalized spacial score (nSPS) is 10.2. The van der Waals surface area contributed by atoms with Crippen LogP contribution in [0.5, 0.6) is 0 Å². The molecule has 6 heteroatoms. The minimum absolute atomic E-state index is 0.171. The van der Waals surface area contributed by atoms with Gasteiger partial charge in [-0.2, -0.15) is 0 Å². The molecule has 0 aliphatic carbocycles. The van der Waals surface area contributed by atoms with Crippen molar-refractivity contribution < 1.29 is 4.79 Å². The summed E-state index contributed by atoms with van der Waals surface area (Å²) < 4.78 is 0. The van der Waals surface area contributed by atoms with Crippen molar-refractivity contribution in [2.45, 2.75) is 6.92 Å². The number of carbonyl (C=O) groups is 1. The Bertz CT molecular complexity index is 581. The van der Waals surface area contributed by atoms with Crippen molar-refractivity contribution in [2.24, 2.45) is 0 Å². The average molecular weight is 282 g/mol. The number of carbonyl (C=O) groups excluding carboxylic acids is 1. The van der Waals surface area contributed by atoms with Crippen molar-refractivity contribution in [2.75, 3.05) is 5.32 Å². The van der Waals surface area contributed by atoms with Crippen LogP contribution in [0.1, 0.15) is 15.9 Å². The van der Waals surface area contributed by atoms with Gasteiger partial charge in [-0.25, -0.2) is 9.97 Å². The van der Waals surface area contributed by atoms with Crippen LogP contribution in [-0.2, 0) is 0 Å². The maximum Gasteiger partial charge on any atom is 0.257 e. The lowest BCUT2D eigenvalue weighted by molar-refractivity contribution is 0.102. The van der Waals surface area contributed by atoms with Crippen molar-refractivity contribution >= 4 is 34.9 Å². The summed E-state index contributed by atoms with van der Waals surface area (Å²) in [6.45, 7) is 1.91. The summed E-state index contributed by atoms with van der Waals surface area (Å²) in [5, 5.41) is 3.00. The predicted octanol–water partition coefficient (Wildman–Crippen LogP) is 3.34. The van der Waals surface area contributed by atoms with Crippen molar-refractivity contribution in [3.05, 3.63) is 51.9 Å². The second-order valence-corrected chi connectivity index (χ2v) is 4.45. The van der Waals surface area contributed by atoms with E-state index in [1.54, 1.807) is 12.3 Å². The summed E-state index contributed by atoms with van der Waals surface area (Å²) in [5.74, 6) is 0.142. The van der Waals surface area contributed by atoms with Crippen LogP contribution in [0.4, 0.5) is 5.82 Å². The summed E-state index contributed by atoms with van der Waals surface area (Å²) in [5.41, 5.74) is 1.34. The number of hydrogen-bond acceptors (Lipinski definition) is 3. The molecule has 1 amide bonds. The summed E-state index contributed by atoms with van der Waals surface area (Å²) in [4.78, 5) is 19.7. The molecule has 0 spiro atoms. The first-order valence-corrected chi connectivity index (χ1v) is 5.87. The Morgan fingerprint density at radius 1 is 1.22 bits per heavy atom. The third-order valence-corrected chi connectivity index (χ3v) is 2.57. The van der Waals surface area contributed by atoms with Gasteiger partial charge in [-0.1, -0.05) is 23.2 Å². The zero-order valence-electron chi connectivity index (χ0n) is 9.45. The van der Waals surface area contributed by atoms with Gasteiger partial charge in [-0.05, 0) is 36.8 Å². The Labute approximate surface area is 114 Å². The van der Waals surface area contributed by atoms with Crippen LogP contribution in [0.3, 0.4) is 0 Å². The van der Waals surface area contributed by atoms with Gasteiger partial charge in [0.1, 0.15) is 16.1 Å². The molecule has 0 unspecified atom stereocenters. The van der Waals surface area contributed by atoms with Gasteiger partial charge < -0.3 is 5.32 Å². The lowest BCUT2D eigenvalue weighted by atomic mass is 10.2. The number of nitrogens with zero attached hydrogens (tertiary/aromatic N) is 2. The number of pyridine rings is 2. The summed E-state index contributed by atoms with van der Waals surface area (Å²) in [6, 6.07) is 6.50. The van der Waals surface area contributed by atoms with E-state index in [1.165, 1.54) is 12.1 Å². The van der Waals surface area contributed by atoms with E-state index >= 15 is 0 Å². The number of nitrogens with one attached hydrogen (secondary N) is 1. The van der Waals surface area contributed by atoms with Crippen molar-refractivity contribution in [3.63, 3.8) is 0 Å². The van der Waals surface area contributed by atoms with Crippen molar-refractivity contribution in [1.82, 2.24) is 9.97 Å². The van der Waals surface area contributed by atoms with E-state index in [0.29, 0.717) is 11.4 Å². The second kappa shape index (κ2) is 5.33. The third kappa shape index (κ3) is 3.18. The maximum atomic E-state index is 11.9. The first-order valence-electron chi connectivity index (χ1n) is 5.12. The van der Waals surface area contributed by atoms with Gasteiger partial charge >= 0.3 is 0 Å². The molecule has 2 aromatic heterocycles. The molecule has 0 aromatic carbocycles. The highest BCUT2D eigenvalue weighted by Crippen LogP contribution is 2.16. The number of halogens is 2. The lowest BCUT2D eigenvalue weighted by Gasteiger charge is -2.05. The fraction of sp³-hybridized carbons (Fsp3) is 0.0833. The average Bonchev–Trinajstić information content (AvgIpc) is 2.27. The van der Waals surface area contributed by atoms with Crippen LogP contribution in [0.2, 0.25) is 10.3 Å². The van der Waals surface area contributed by atoms with E-state index in [1.807, 2.05) is 13.0 Å². The first kappa shape index (κ1) is 12.8. The fourth-order valence-electron chi connectivity index (χ4n) is 1.39. The molecular formula is C12H9Cl2N3O. The first-order chi connectivity index (χ1) is 8.54. The second-order valence-electron chi connectivity index (χ2n) is 3.67. The van der Waals surface area contributed by atoms with Gasteiger partial charge in [0.05, 0.1) is 0 Å². The molecule has 2 aromatic rings. The highest BCUT2D eigenvalue weighted by Gasteiger charge is 2.09. The Morgan fingerprint density at radius 2 is 1.89 bits per heavy atom. The zero-order valence-corrected chi connectivity index (χ0v) is 11.0. The van der Waals surface area contributed by atoms with Crippen LogP contribution < -0.4 is 5.32 Å². The van der Waals surface area contributed by atoms with E-state index in [9.17, 15) is 4.79 Å². The smallest absolute Gasteiger partial charge is 0.257 e. The maximum absolute atomic E-state index is 11.9. The van der Waals surface area contributed by atoms with Gasteiger partial charge in [-0.15, -0.1) is 0 Å². The van der Waals surface area contributed by atoms with Gasteiger partial charge in [-0.3, -0.25) is 4.79 Å². The molecule has 0 saturated carbocycles. The number of anilines is 1. The molecule has 2 rings (SSSR count). The molecule has 0 radical (unpaired) electrons. The Hall–Kier alpha value is -1.65.